The molecule has 0 spiro atoms. The molecule has 0 aromatic carbocycles. The summed E-state index contributed by atoms with van der Waals surface area (Å²) in [7, 11) is 0. The van der Waals surface area contributed by atoms with Gasteiger partial charge in [0.2, 0.25) is 0 Å². The summed E-state index contributed by atoms with van der Waals surface area (Å²) in [5.74, 6) is -2.28. The van der Waals surface area contributed by atoms with Crippen molar-refractivity contribution in [1.82, 2.24) is 5.43 Å². The van der Waals surface area contributed by atoms with Gasteiger partial charge in [-0.15, -0.1) is 0 Å². The van der Waals surface area contributed by atoms with Crippen LogP contribution in [0.4, 0.5) is 0 Å². The maximum absolute atomic E-state index is 10.7. The largest absolute Gasteiger partial charge is 0.481 e. The second-order valence-corrected chi connectivity index (χ2v) is 2.36. The van der Waals surface area contributed by atoms with Crippen LogP contribution in [-0.4, -0.2) is 28.5 Å². The van der Waals surface area contributed by atoms with Gasteiger partial charge >= 0.3 is 5.97 Å². The summed E-state index contributed by atoms with van der Waals surface area (Å²) in [4.78, 5) is 31.3. The molecule has 0 unspecified atom stereocenters. The zero-order valence-corrected chi connectivity index (χ0v) is 7.33. The fourth-order valence-corrected chi connectivity index (χ4v) is 0.402. The Kier molecular flexibility index (Phi) is 4.36. The topological polar surface area (TPSA) is 95.8 Å². The highest BCUT2D eigenvalue weighted by atomic mass is 16.4. The quantitative estimate of drug-likeness (QED) is 0.353. The highest BCUT2D eigenvalue weighted by Crippen LogP contribution is 1.81. The molecule has 0 bridgehead atoms. The molecule has 0 aliphatic rings. The van der Waals surface area contributed by atoms with Crippen molar-refractivity contribution in [2.75, 3.05) is 0 Å². The van der Waals surface area contributed by atoms with Crippen LogP contribution in [0.25, 0.3) is 0 Å². The number of Topliss-reactive ketones (excluding diaryl/α,β-unsaturated/α-hetero) is 1. The lowest BCUT2D eigenvalue weighted by Gasteiger charge is -1.96. The average Bonchev–Trinajstić information content (AvgIpc) is 1.98. The van der Waals surface area contributed by atoms with Gasteiger partial charge in [0.05, 0.1) is 0 Å². The monoisotopic (exact) mass is 186 g/mol. The molecule has 0 aromatic rings. The van der Waals surface area contributed by atoms with Crippen molar-refractivity contribution in [3.8, 4) is 0 Å². The maximum atomic E-state index is 10.7. The average molecular weight is 186 g/mol. The lowest BCUT2D eigenvalue weighted by atomic mass is 10.3. The van der Waals surface area contributed by atoms with Gasteiger partial charge in [0.1, 0.15) is 12.1 Å². The third kappa shape index (κ3) is 5.54. The number of carbonyl (C=O) groups is 3. The van der Waals surface area contributed by atoms with E-state index in [0.717, 1.165) is 0 Å². The summed E-state index contributed by atoms with van der Waals surface area (Å²) < 4.78 is 0. The molecule has 0 saturated carbocycles. The summed E-state index contributed by atoms with van der Waals surface area (Å²) in [6, 6.07) is 0. The molecule has 0 saturated heterocycles. The highest BCUT2D eigenvalue weighted by Gasteiger charge is 2.06. The summed E-state index contributed by atoms with van der Waals surface area (Å²) in [5.41, 5.74) is 2.07. The van der Waals surface area contributed by atoms with E-state index in [9.17, 15) is 14.4 Å². The van der Waals surface area contributed by atoms with Gasteiger partial charge in [-0.3, -0.25) is 14.4 Å². The van der Waals surface area contributed by atoms with Crippen molar-refractivity contribution in [1.29, 1.82) is 0 Å². The minimum Gasteiger partial charge on any atom is -0.481 e. The van der Waals surface area contributed by atoms with Crippen molar-refractivity contribution in [3.63, 3.8) is 0 Å². The van der Waals surface area contributed by atoms with Crippen LogP contribution in [0.3, 0.4) is 0 Å². The number of ketones is 1. The SMILES string of the molecule is CC(=O)C(C)=NNC(=O)CC(=O)O. The molecular formula is C7H10N2O4. The minimum atomic E-state index is -1.24. The van der Waals surface area contributed by atoms with E-state index in [4.69, 9.17) is 5.11 Å². The van der Waals surface area contributed by atoms with E-state index >= 15 is 0 Å². The zero-order chi connectivity index (χ0) is 10.4. The number of hydrogen-bond acceptors (Lipinski definition) is 4. The van der Waals surface area contributed by atoms with Gasteiger partial charge in [0, 0.05) is 6.92 Å². The van der Waals surface area contributed by atoms with Crippen LogP contribution in [0.15, 0.2) is 5.10 Å². The number of carboxylic acids is 1. The van der Waals surface area contributed by atoms with Gasteiger partial charge in [-0.2, -0.15) is 5.10 Å². The Morgan fingerprint density at radius 2 is 1.85 bits per heavy atom. The normalized spacial score (nSPS) is 10.8. The Morgan fingerprint density at radius 3 is 2.23 bits per heavy atom. The number of carbonyl (C=O) groups excluding carboxylic acids is 2. The Balaban J connectivity index is 4.02. The van der Waals surface area contributed by atoms with Gasteiger partial charge in [-0.05, 0) is 6.92 Å². The van der Waals surface area contributed by atoms with Crippen LogP contribution in [0, 0.1) is 0 Å². The number of rotatable bonds is 4. The second-order valence-electron chi connectivity index (χ2n) is 2.36. The molecule has 2 N–H and O–H groups in total. The molecule has 6 nitrogen and oxygen atoms in total. The van der Waals surface area contributed by atoms with E-state index in [2.05, 4.69) is 5.10 Å². The van der Waals surface area contributed by atoms with E-state index in [-0.39, 0.29) is 11.5 Å². The molecule has 72 valence electrons. The van der Waals surface area contributed by atoms with Crippen LogP contribution in [0.5, 0.6) is 0 Å². The lowest BCUT2D eigenvalue weighted by molar-refractivity contribution is -0.140. The van der Waals surface area contributed by atoms with E-state index in [0.29, 0.717) is 0 Å². The Hall–Kier alpha value is -1.72. The standard InChI is InChI=1S/C7H10N2O4/c1-4(5(2)10)8-9-6(11)3-7(12)13/h3H2,1-2H3,(H,9,11)(H,12,13). The first kappa shape index (κ1) is 11.3. The van der Waals surface area contributed by atoms with Crippen LogP contribution >= 0.6 is 0 Å². The van der Waals surface area contributed by atoms with Crippen molar-refractivity contribution in [2.24, 2.45) is 5.10 Å². The molecule has 13 heavy (non-hydrogen) atoms. The third-order valence-electron chi connectivity index (χ3n) is 1.17. The van der Waals surface area contributed by atoms with Crippen molar-refractivity contribution >= 4 is 23.4 Å². The second kappa shape index (κ2) is 5.02. The fraction of sp³-hybridized carbons (Fsp3) is 0.429. The first-order valence-electron chi connectivity index (χ1n) is 3.49. The number of amides is 1. The summed E-state index contributed by atoms with van der Waals surface area (Å²) in [6.07, 6.45) is -0.658. The summed E-state index contributed by atoms with van der Waals surface area (Å²) >= 11 is 0. The van der Waals surface area contributed by atoms with Crippen LogP contribution in [0.2, 0.25) is 0 Å². The minimum absolute atomic E-state index is 0.124. The van der Waals surface area contributed by atoms with Gasteiger partial charge in [-0.1, -0.05) is 0 Å². The molecule has 0 radical (unpaired) electrons. The Morgan fingerprint density at radius 1 is 1.31 bits per heavy atom. The maximum Gasteiger partial charge on any atom is 0.312 e. The van der Waals surface area contributed by atoms with Gasteiger partial charge in [0.25, 0.3) is 5.91 Å². The molecule has 0 heterocycles. The smallest absolute Gasteiger partial charge is 0.312 e. The molecule has 6 heteroatoms. The number of nitrogens with zero attached hydrogens (tertiary/aromatic N) is 1. The van der Waals surface area contributed by atoms with E-state index in [1.54, 1.807) is 0 Å². The van der Waals surface area contributed by atoms with E-state index < -0.39 is 18.3 Å². The predicted molar refractivity (Wildman–Crippen MR) is 44.2 cm³/mol. The van der Waals surface area contributed by atoms with Crippen LogP contribution in [0.1, 0.15) is 20.3 Å². The van der Waals surface area contributed by atoms with Gasteiger partial charge in [-0.25, -0.2) is 5.43 Å². The first-order chi connectivity index (χ1) is 5.93. The number of hydrogen-bond donors (Lipinski definition) is 2. The van der Waals surface area contributed by atoms with E-state index in [1.165, 1.54) is 13.8 Å². The summed E-state index contributed by atoms with van der Waals surface area (Å²) in [5, 5.41) is 11.6. The summed E-state index contributed by atoms with van der Waals surface area (Å²) in [6.45, 7) is 2.71. The lowest BCUT2D eigenvalue weighted by Crippen LogP contribution is -2.23. The number of carboxylic acid groups (broad SMARTS) is 1. The first-order valence-corrected chi connectivity index (χ1v) is 3.49. The molecular weight excluding hydrogens is 176 g/mol. The molecule has 0 aromatic heterocycles. The van der Waals surface area contributed by atoms with Crippen molar-refractivity contribution in [2.45, 2.75) is 20.3 Å². The number of aliphatic carboxylic acids is 1. The zero-order valence-electron chi connectivity index (χ0n) is 7.33. The third-order valence-corrected chi connectivity index (χ3v) is 1.17. The van der Waals surface area contributed by atoms with Crippen molar-refractivity contribution in [3.05, 3.63) is 0 Å². The molecule has 0 atom stereocenters. The molecule has 0 aliphatic heterocycles. The Bertz CT molecular complexity index is 270. The fourth-order valence-electron chi connectivity index (χ4n) is 0.402. The molecule has 0 aliphatic carbocycles. The number of hydrazone groups is 1. The van der Waals surface area contributed by atoms with Crippen LogP contribution in [-0.2, 0) is 14.4 Å². The van der Waals surface area contributed by atoms with E-state index in [1.807, 2.05) is 5.43 Å². The van der Waals surface area contributed by atoms with Gasteiger partial charge < -0.3 is 5.11 Å². The molecule has 1 amide bonds. The Labute approximate surface area is 74.6 Å². The predicted octanol–water partition coefficient (Wildman–Crippen LogP) is -0.458. The molecule has 0 fully saturated rings. The van der Waals surface area contributed by atoms with Gasteiger partial charge in [0.15, 0.2) is 5.78 Å². The number of nitrogens with one attached hydrogen (secondary N) is 1. The van der Waals surface area contributed by atoms with Crippen molar-refractivity contribution < 1.29 is 19.5 Å². The molecule has 0 rings (SSSR count). The van der Waals surface area contributed by atoms with Crippen LogP contribution < -0.4 is 5.43 Å². The highest BCUT2D eigenvalue weighted by molar-refractivity contribution is 6.38.